The molecule has 1 heteroatoms. The largest absolute Gasteiger partial charge is 0.311 e. The van der Waals surface area contributed by atoms with E-state index in [4.69, 9.17) is 0 Å². The van der Waals surface area contributed by atoms with Gasteiger partial charge in [0, 0.05) is 12.1 Å². The summed E-state index contributed by atoms with van der Waals surface area (Å²) in [6.45, 7) is 9.16. The normalized spacial score (nSPS) is 19.1. The fraction of sp³-hybridized carbons (Fsp3) is 0.625. The van der Waals surface area contributed by atoms with Gasteiger partial charge in [0.1, 0.15) is 0 Å². The van der Waals surface area contributed by atoms with Gasteiger partial charge >= 0.3 is 0 Å². The van der Waals surface area contributed by atoms with E-state index < -0.39 is 0 Å². The van der Waals surface area contributed by atoms with E-state index in [1.165, 1.54) is 30.4 Å². The van der Waals surface area contributed by atoms with Crippen molar-refractivity contribution in [2.75, 3.05) is 0 Å². The van der Waals surface area contributed by atoms with Crippen LogP contribution in [0.3, 0.4) is 0 Å². The molecular formula is C16H25N. The van der Waals surface area contributed by atoms with Gasteiger partial charge in [-0.2, -0.15) is 0 Å². The minimum atomic E-state index is 0.626. The zero-order valence-corrected chi connectivity index (χ0v) is 11.6. The summed E-state index contributed by atoms with van der Waals surface area (Å²) in [7, 11) is 0. The van der Waals surface area contributed by atoms with Crippen LogP contribution in [0.25, 0.3) is 0 Å². The molecule has 0 spiro atoms. The molecule has 1 N–H and O–H groups in total. The highest BCUT2D eigenvalue weighted by Gasteiger charge is 2.25. The van der Waals surface area contributed by atoms with Crippen LogP contribution in [0, 0.1) is 19.8 Å². The van der Waals surface area contributed by atoms with Gasteiger partial charge in [0.2, 0.25) is 0 Å². The van der Waals surface area contributed by atoms with Crippen molar-refractivity contribution in [2.45, 2.75) is 59.0 Å². The van der Waals surface area contributed by atoms with Crippen molar-refractivity contribution in [2.24, 2.45) is 5.92 Å². The molecule has 94 valence electrons. The summed E-state index contributed by atoms with van der Waals surface area (Å²) in [4.78, 5) is 0. The molecular weight excluding hydrogens is 206 g/mol. The summed E-state index contributed by atoms with van der Waals surface area (Å²) in [5.41, 5.74) is 4.43. The van der Waals surface area contributed by atoms with Gasteiger partial charge in [0.05, 0.1) is 0 Å². The Kier molecular flexibility index (Phi) is 3.88. The molecule has 1 aromatic carbocycles. The van der Waals surface area contributed by atoms with E-state index in [0.717, 1.165) is 6.04 Å². The first-order chi connectivity index (χ1) is 8.08. The van der Waals surface area contributed by atoms with Crippen molar-refractivity contribution in [3.63, 3.8) is 0 Å². The number of hydrogen-bond acceptors (Lipinski definition) is 1. The SMILES string of the molecule is Cc1cccc(C)c1CC(C)C(C)NC1CC1. The number of nitrogens with one attached hydrogen (secondary N) is 1. The first-order valence-electron chi connectivity index (χ1n) is 6.89. The van der Waals surface area contributed by atoms with Gasteiger partial charge in [-0.05, 0) is 62.6 Å². The van der Waals surface area contributed by atoms with Crippen molar-refractivity contribution in [3.8, 4) is 0 Å². The summed E-state index contributed by atoms with van der Waals surface area (Å²) in [6, 6.07) is 8.05. The first kappa shape index (κ1) is 12.6. The van der Waals surface area contributed by atoms with Crippen molar-refractivity contribution < 1.29 is 0 Å². The molecule has 0 amide bonds. The first-order valence-corrected chi connectivity index (χ1v) is 6.89. The summed E-state index contributed by atoms with van der Waals surface area (Å²) in [5.74, 6) is 0.704. The zero-order valence-electron chi connectivity index (χ0n) is 11.6. The topological polar surface area (TPSA) is 12.0 Å². The fourth-order valence-corrected chi connectivity index (χ4v) is 2.46. The Morgan fingerprint density at radius 1 is 1.18 bits per heavy atom. The van der Waals surface area contributed by atoms with Crippen LogP contribution in [-0.2, 0) is 6.42 Å². The van der Waals surface area contributed by atoms with Crippen LogP contribution in [0.1, 0.15) is 43.4 Å². The number of aryl methyl sites for hydroxylation is 2. The Labute approximate surface area is 106 Å². The van der Waals surface area contributed by atoms with E-state index >= 15 is 0 Å². The maximum atomic E-state index is 3.71. The summed E-state index contributed by atoms with van der Waals surface area (Å²) in [6.07, 6.45) is 3.94. The van der Waals surface area contributed by atoms with Gasteiger partial charge in [-0.1, -0.05) is 25.1 Å². The van der Waals surface area contributed by atoms with Crippen LogP contribution in [0.4, 0.5) is 0 Å². The molecule has 0 aliphatic heterocycles. The summed E-state index contributed by atoms with van der Waals surface area (Å²) >= 11 is 0. The molecule has 0 aromatic heterocycles. The van der Waals surface area contributed by atoms with Crippen LogP contribution < -0.4 is 5.32 Å². The molecule has 0 heterocycles. The molecule has 0 radical (unpaired) electrons. The molecule has 2 unspecified atom stereocenters. The van der Waals surface area contributed by atoms with E-state index in [0.29, 0.717) is 12.0 Å². The average molecular weight is 231 g/mol. The molecule has 0 saturated heterocycles. The van der Waals surface area contributed by atoms with Crippen molar-refractivity contribution in [1.29, 1.82) is 0 Å². The summed E-state index contributed by atoms with van der Waals surface area (Å²) < 4.78 is 0. The molecule has 1 aromatic rings. The molecule has 2 atom stereocenters. The van der Waals surface area contributed by atoms with Gasteiger partial charge < -0.3 is 5.32 Å². The Bertz CT molecular complexity index is 359. The lowest BCUT2D eigenvalue weighted by Gasteiger charge is -2.23. The van der Waals surface area contributed by atoms with E-state index in [9.17, 15) is 0 Å². The standard InChI is InChI=1S/C16H25N/c1-11-6-5-7-12(2)16(11)10-13(3)14(4)17-15-8-9-15/h5-7,13-15,17H,8-10H2,1-4H3. The Hall–Kier alpha value is -0.820. The van der Waals surface area contributed by atoms with Gasteiger partial charge in [0.15, 0.2) is 0 Å². The minimum Gasteiger partial charge on any atom is -0.311 e. The van der Waals surface area contributed by atoms with Gasteiger partial charge in [-0.3, -0.25) is 0 Å². The van der Waals surface area contributed by atoms with Crippen LogP contribution in [-0.4, -0.2) is 12.1 Å². The van der Waals surface area contributed by atoms with Crippen molar-refractivity contribution in [3.05, 3.63) is 34.9 Å². The van der Waals surface area contributed by atoms with E-state index in [-0.39, 0.29) is 0 Å². The Morgan fingerprint density at radius 2 is 1.76 bits per heavy atom. The molecule has 1 aliphatic rings. The van der Waals surface area contributed by atoms with Gasteiger partial charge in [0.25, 0.3) is 0 Å². The number of hydrogen-bond donors (Lipinski definition) is 1. The second-order valence-corrected chi connectivity index (χ2v) is 5.78. The molecule has 1 aliphatic carbocycles. The van der Waals surface area contributed by atoms with Crippen LogP contribution in [0.5, 0.6) is 0 Å². The van der Waals surface area contributed by atoms with Crippen LogP contribution in [0.2, 0.25) is 0 Å². The maximum Gasteiger partial charge on any atom is 0.00708 e. The van der Waals surface area contributed by atoms with E-state index in [1.807, 2.05) is 0 Å². The molecule has 1 fully saturated rings. The Morgan fingerprint density at radius 3 is 2.29 bits per heavy atom. The lowest BCUT2D eigenvalue weighted by Crippen LogP contribution is -2.34. The number of benzene rings is 1. The minimum absolute atomic E-state index is 0.626. The highest BCUT2D eigenvalue weighted by Crippen LogP contribution is 2.23. The van der Waals surface area contributed by atoms with E-state index in [2.05, 4.69) is 51.2 Å². The predicted molar refractivity (Wildman–Crippen MR) is 74.4 cm³/mol. The summed E-state index contributed by atoms with van der Waals surface area (Å²) in [5, 5.41) is 3.71. The fourth-order valence-electron chi connectivity index (χ4n) is 2.46. The van der Waals surface area contributed by atoms with Crippen LogP contribution >= 0.6 is 0 Å². The third-order valence-corrected chi connectivity index (χ3v) is 4.10. The van der Waals surface area contributed by atoms with Gasteiger partial charge in [-0.15, -0.1) is 0 Å². The molecule has 1 nitrogen and oxygen atoms in total. The maximum absolute atomic E-state index is 3.71. The molecule has 1 saturated carbocycles. The monoisotopic (exact) mass is 231 g/mol. The highest BCUT2D eigenvalue weighted by atomic mass is 15.0. The lowest BCUT2D eigenvalue weighted by molar-refractivity contribution is 0.395. The van der Waals surface area contributed by atoms with Crippen LogP contribution in [0.15, 0.2) is 18.2 Å². The smallest absolute Gasteiger partial charge is 0.00708 e. The Balaban J connectivity index is 1.98. The van der Waals surface area contributed by atoms with E-state index in [1.54, 1.807) is 5.56 Å². The predicted octanol–water partition coefficient (Wildman–Crippen LogP) is 3.62. The third kappa shape index (κ3) is 3.32. The zero-order chi connectivity index (χ0) is 12.4. The third-order valence-electron chi connectivity index (χ3n) is 4.10. The molecule has 0 bridgehead atoms. The molecule has 2 rings (SSSR count). The van der Waals surface area contributed by atoms with Gasteiger partial charge in [-0.25, -0.2) is 0 Å². The quantitative estimate of drug-likeness (QED) is 0.816. The second-order valence-electron chi connectivity index (χ2n) is 5.78. The average Bonchev–Trinajstić information content (AvgIpc) is 3.07. The number of rotatable bonds is 5. The second kappa shape index (κ2) is 5.22. The molecule has 17 heavy (non-hydrogen) atoms. The highest BCUT2D eigenvalue weighted by molar-refractivity contribution is 5.33. The lowest BCUT2D eigenvalue weighted by atomic mass is 9.90. The van der Waals surface area contributed by atoms with Crippen molar-refractivity contribution >= 4 is 0 Å². The van der Waals surface area contributed by atoms with Crippen molar-refractivity contribution in [1.82, 2.24) is 5.32 Å².